The normalized spacial score (nSPS) is 11.6. The second-order valence-electron chi connectivity index (χ2n) is 10.3. The Balaban J connectivity index is -0.00000154. The molecule has 0 spiro atoms. The summed E-state index contributed by atoms with van der Waals surface area (Å²) in [5.74, 6) is 0. The summed E-state index contributed by atoms with van der Waals surface area (Å²) in [7, 11) is -5.55. The van der Waals surface area contributed by atoms with Crippen molar-refractivity contribution in [2.75, 3.05) is 24.6 Å². The molecule has 0 unspecified atom stereocenters. The zero-order valence-electron chi connectivity index (χ0n) is 24.2. The predicted octanol–water partition coefficient (Wildman–Crippen LogP) is 10.1. The van der Waals surface area contributed by atoms with Gasteiger partial charge in [-0.25, -0.2) is 8.42 Å². The standard InChI is InChI=1S/C28H60P.H3N.H2O4S/c1-5-9-13-14-15-16-17-18-19-20-21-22-23-24-28-29(25-10-6-2,26-11-7-3)27-12-8-4;;1-5(2,3)4/h5-28H2,1-4H3;1H3;(H2,1,2,3,4)/q+1;;/p-1. The third-order valence-electron chi connectivity index (χ3n) is 6.94. The Morgan fingerprint density at radius 1 is 0.486 bits per heavy atom. The van der Waals surface area contributed by atoms with Crippen LogP contribution in [0.15, 0.2) is 0 Å². The van der Waals surface area contributed by atoms with Gasteiger partial charge in [-0.3, -0.25) is 4.55 Å². The minimum absolute atomic E-state index is 0. The molecule has 0 aromatic rings. The first kappa shape index (κ1) is 39.8. The van der Waals surface area contributed by atoms with Gasteiger partial charge in [0.1, 0.15) is 0 Å². The fourth-order valence-electron chi connectivity index (χ4n) is 4.79. The monoisotopic (exact) mass is 541 g/mol. The molecule has 7 heteroatoms. The fraction of sp³-hybridized carbons (Fsp3) is 1.00. The largest absolute Gasteiger partial charge is 0.726 e. The van der Waals surface area contributed by atoms with Crippen LogP contribution in [0.25, 0.3) is 0 Å². The zero-order valence-corrected chi connectivity index (χ0v) is 25.9. The molecule has 0 aromatic heterocycles. The van der Waals surface area contributed by atoms with E-state index in [1.54, 1.807) is 31.1 Å². The molecule has 0 aliphatic rings. The molecule has 0 amide bonds. The molecule has 0 fully saturated rings. The Morgan fingerprint density at radius 3 is 0.943 bits per heavy atom. The molecule has 4 N–H and O–H groups in total. The maximum atomic E-state index is 8.63. The van der Waals surface area contributed by atoms with Crippen LogP contribution in [0.5, 0.6) is 0 Å². The predicted molar refractivity (Wildman–Crippen MR) is 159 cm³/mol. The first-order valence-electron chi connectivity index (χ1n) is 14.8. The molecule has 0 radical (unpaired) electrons. The van der Waals surface area contributed by atoms with E-state index in [0.717, 1.165) is 0 Å². The Hall–Kier alpha value is 0.260. The summed E-state index contributed by atoms with van der Waals surface area (Å²) in [5, 5.41) is 0. The van der Waals surface area contributed by atoms with Crippen molar-refractivity contribution in [1.29, 1.82) is 0 Å². The van der Waals surface area contributed by atoms with Crippen LogP contribution in [0.1, 0.15) is 156 Å². The van der Waals surface area contributed by atoms with Crippen molar-refractivity contribution < 1.29 is 17.5 Å². The maximum Gasteiger partial charge on any atom is 0.215 e. The van der Waals surface area contributed by atoms with Crippen molar-refractivity contribution in [3.8, 4) is 0 Å². The summed E-state index contributed by atoms with van der Waals surface area (Å²) >= 11 is 0. The van der Waals surface area contributed by atoms with Crippen molar-refractivity contribution in [2.24, 2.45) is 0 Å². The van der Waals surface area contributed by atoms with Gasteiger partial charge in [-0.2, -0.15) is 0 Å². The summed E-state index contributed by atoms with van der Waals surface area (Å²) in [6, 6.07) is 0. The Labute approximate surface area is 221 Å². The molecule has 0 rings (SSSR count). The van der Waals surface area contributed by atoms with E-state index in [2.05, 4.69) is 27.7 Å². The van der Waals surface area contributed by atoms with Crippen molar-refractivity contribution in [2.45, 2.75) is 156 Å². The highest BCUT2D eigenvalue weighted by Crippen LogP contribution is 2.61. The van der Waals surface area contributed by atoms with Gasteiger partial charge >= 0.3 is 0 Å². The molecule has 35 heavy (non-hydrogen) atoms. The topological polar surface area (TPSA) is 112 Å². The Bertz CT molecular complexity index is 473. The zero-order chi connectivity index (χ0) is 26.0. The average molecular weight is 542 g/mol. The fourth-order valence-corrected chi connectivity index (χ4v) is 9.99. The molecule has 0 saturated heterocycles. The summed E-state index contributed by atoms with van der Waals surface area (Å²) in [6.45, 7) is 9.48. The second-order valence-corrected chi connectivity index (χ2v) is 15.6. The van der Waals surface area contributed by atoms with E-state index in [1.165, 1.54) is 122 Å². The van der Waals surface area contributed by atoms with Crippen molar-refractivity contribution in [3.05, 3.63) is 0 Å². The van der Waals surface area contributed by atoms with Gasteiger partial charge in [-0.1, -0.05) is 124 Å². The van der Waals surface area contributed by atoms with Gasteiger partial charge in [-0.05, 0) is 32.1 Å². The average Bonchev–Trinajstić information content (AvgIpc) is 2.78. The number of hydrogen-bond acceptors (Lipinski definition) is 4. The smallest absolute Gasteiger partial charge is 0.215 e. The molecular weight excluding hydrogens is 477 g/mol. The van der Waals surface area contributed by atoms with Crippen LogP contribution < -0.4 is 6.15 Å². The molecule has 0 aliphatic heterocycles. The van der Waals surface area contributed by atoms with Gasteiger partial charge in [0.05, 0.1) is 24.6 Å². The quantitative estimate of drug-likeness (QED) is 0.0546. The number of hydrogen-bond donors (Lipinski definition) is 2. The van der Waals surface area contributed by atoms with Gasteiger partial charge in [0.2, 0.25) is 10.4 Å². The summed E-state index contributed by atoms with van der Waals surface area (Å²) in [5.41, 5.74) is 0. The van der Waals surface area contributed by atoms with Crippen LogP contribution in [0.4, 0.5) is 0 Å². The maximum absolute atomic E-state index is 8.63. The number of unbranched alkanes of at least 4 members (excludes halogenated alkanes) is 16. The van der Waals surface area contributed by atoms with Gasteiger partial charge in [-0.15, -0.1) is 0 Å². The van der Waals surface area contributed by atoms with E-state index >= 15 is 0 Å². The molecule has 5 nitrogen and oxygen atoms in total. The van der Waals surface area contributed by atoms with E-state index < -0.39 is 17.7 Å². The lowest BCUT2D eigenvalue weighted by Gasteiger charge is -2.28. The van der Waals surface area contributed by atoms with Crippen LogP contribution in [-0.4, -0.2) is 42.2 Å². The van der Waals surface area contributed by atoms with E-state index in [0.29, 0.717) is 0 Å². The lowest BCUT2D eigenvalue weighted by molar-refractivity contribution is 0.366. The second kappa shape index (κ2) is 28.8. The molecular formula is C28H64NO4PS. The SMILES string of the molecule is CCCCCCCCCCCCCCCC[P+](CCCC)(CCCC)CCCC.N.O=S(=O)([O-])O. The van der Waals surface area contributed by atoms with Crippen LogP contribution >= 0.6 is 7.26 Å². The molecule has 0 saturated carbocycles. The molecule has 216 valence electrons. The first-order chi connectivity index (χ1) is 16.2. The minimum Gasteiger partial charge on any atom is -0.726 e. The van der Waals surface area contributed by atoms with Crippen LogP contribution in [-0.2, 0) is 10.4 Å². The van der Waals surface area contributed by atoms with Crippen molar-refractivity contribution in [1.82, 2.24) is 6.15 Å². The number of rotatable bonds is 24. The summed E-state index contributed by atoms with van der Waals surface area (Å²) in [6.07, 6.45) is 36.0. The third-order valence-corrected chi connectivity index (χ3v) is 12.0. The molecule has 0 aromatic carbocycles. The van der Waals surface area contributed by atoms with Gasteiger partial charge < -0.3 is 10.7 Å². The molecule has 0 bridgehead atoms. The van der Waals surface area contributed by atoms with Gasteiger partial charge in [0.25, 0.3) is 0 Å². The molecule has 0 heterocycles. The lowest BCUT2D eigenvalue weighted by atomic mass is 10.0. The highest BCUT2D eigenvalue weighted by Gasteiger charge is 2.34. The first-order valence-corrected chi connectivity index (χ1v) is 18.7. The van der Waals surface area contributed by atoms with Crippen LogP contribution in [0.2, 0.25) is 0 Å². The van der Waals surface area contributed by atoms with Crippen molar-refractivity contribution >= 4 is 17.7 Å². The summed E-state index contributed by atoms with van der Waals surface area (Å²) < 4.78 is 32.8. The van der Waals surface area contributed by atoms with E-state index in [9.17, 15) is 0 Å². The van der Waals surface area contributed by atoms with E-state index in [-0.39, 0.29) is 6.15 Å². The lowest BCUT2D eigenvalue weighted by Crippen LogP contribution is -2.13. The molecule has 0 aliphatic carbocycles. The highest BCUT2D eigenvalue weighted by molar-refractivity contribution is 7.79. The molecule has 0 atom stereocenters. The summed E-state index contributed by atoms with van der Waals surface area (Å²) in [4.78, 5) is 0. The Kier molecular flexibility index (Phi) is 32.8. The van der Waals surface area contributed by atoms with Crippen LogP contribution in [0, 0.1) is 0 Å². The highest BCUT2D eigenvalue weighted by atomic mass is 32.3. The third kappa shape index (κ3) is 34.3. The van der Waals surface area contributed by atoms with E-state index in [4.69, 9.17) is 17.5 Å². The Morgan fingerprint density at radius 2 is 0.686 bits per heavy atom. The van der Waals surface area contributed by atoms with Gasteiger partial charge in [0, 0.05) is 7.26 Å². The van der Waals surface area contributed by atoms with Crippen molar-refractivity contribution in [3.63, 3.8) is 0 Å². The van der Waals surface area contributed by atoms with E-state index in [1.807, 2.05) is 0 Å². The van der Waals surface area contributed by atoms with Crippen LogP contribution in [0.3, 0.4) is 0 Å². The minimum atomic E-state index is -4.92. The van der Waals surface area contributed by atoms with Gasteiger partial charge in [0.15, 0.2) is 0 Å².